The molecule has 3 rings (SSSR count). The molecule has 0 saturated heterocycles. The molecule has 0 atom stereocenters. The Balaban J connectivity index is 1.76. The van der Waals surface area contributed by atoms with Crippen LogP contribution in [0.1, 0.15) is 39.3 Å². The Kier molecular flexibility index (Phi) is 7.06. The maximum atomic E-state index is 12.7. The molecule has 0 radical (unpaired) electrons. The summed E-state index contributed by atoms with van der Waals surface area (Å²) in [6.07, 6.45) is 2.93. The molecule has 0 spiro atoms. The van der Waals surface area contributed by atoms with Gasteiger partial charge in [0, 0.05) is 26.3 Å². The summed E-state index contributed by atoms with van der Waals surface area (Å²) in [5.74, 6) is -0.902. The van der Waals surface area contributed by atoms with Crippen LogP contribution in [0.15, 0.2) is 41.4 Å². The molecule has 0 saturated carbocycles. The van der Waals surface area contributed by atoms with Crippen molar-refractivity contribution in [3.63, 3.8) is 0 Å². The predicted molar refractivity (Wildman–Crippen MR) is 127 cm³/mol. The number of rotatable bonds is 9. The Hall–Kier alpha value is -3.40. The Labute approximate surface area is 194 Å². The van der Waals surface area contributed by atoms with Gasteiger partial charge in [-0.05, 0) is 62.9 Å². The molecule has 0 amide bonds. The van der Waals surface area contributed by atoms with E-state index in [1.165, 1.54) is 23.9 Å². The second-order valence-corrected chi connectivity index (χ2v) is 9.80. The SMILES string of the molecule is Cc1cccc(S(=O)(=O)Nc2cnc(N(C)CCCc3c(C)nn(C)c3C)c(C(=O)O)c2)c1. The van der Waals surface area contributed by atoms with Crippen molar-refractivity contribution in [3.8, 4) is 0 Å². The summed E-state index contributed by atoms with van der Waals surface area (Å²) in [5, 5.41) is 14.1. The van der Waals surface area contributed by atoms with Gasteiger partial charge in [0.05, 0.1) is 22.5 Å². The summed E-state index contributed by atoms with van der Waals surface area (Å²) in [7, 11) is -0.182. The first-order valence-corrected chi connectivity index (χ1v) is 12.0. The second-order valence-electron chi connectivity index (χ2n) is 8.12. The summed E-state index contributed by atoms with van der Waals surface area (Å²) in [5.41, 5.74) is 4.12. The van der Waals surface area contributed by atoms with Gasteiger partial charge in [0.15, 0.2) is 0 Å². The number of hydrogen-bond acceptors (Lipinski definition) is 6. The third kappa shape index (κ3) is 5.51. The average Bonchev–Trinajstić information content (AvgIpc) is 2.99. The minimum Gasteiger partial charge on any atom is -0.478 e. The van der Waals surface area contributed by atoms with Gasteiger partial charge in [-0.2, -0.15) is 5.10 Å². The van der Waals surface area contributed by atoms with Gasteiger partial charge in [0.25, 0.3) is 10.0 Å². The van der Waals surface area contributed by atoms with Crippen LogP contribution in [0.3, 0.4) is 0 Å². The quantitative estimate of drug-likeness (QED) is 0.492. The van der Waals surface area contributed by atoms with Gasteiger partial charge in [-0.3, -0.25) is 9.40 Å². The highest BCUT2D eigenvalue weighted by molar-refractivity contribution is 7.92. The lowest BCUT2D eigenvalue weighted by Crippen LogP contribution is -2.23. The van der Waals surface area contributed by atoms with Crippen molar-refractivity contribution >= 4 is 27.5 Å². The van der Waals surface area contributed by atoms with Crippen molar-refractivity contribution in [1.82, 2.24) is 14.8 Å². The smallest absolute Gasteiger partial charge is 0.339 e. The van der Waals surface area contributed by atoms with Crippen LogP contribution < -0.4 is 9.62 Å². The maximum Gasteiger partial charge on any atom is 0.339 e. The highest BCUT2D eigenvalue weighted by Gasteiger charge is 2.20. The van der Waals surface area contributed by atoms with E-state index in [0.29, 0.717) is 6.54 Å². The lowest BCUT2D eigenvalue weighted by molar-refractivity contribution is 0.0697. The molecule has 2 heterocycles. The van der Waals surface area contributed by atoms with Crippen molar-refractivity contribution in [2.45, 2.75) is 38.5 Å². The van der Waals surface area contributed by atoms with Crippen LogP contribution in [0.25, 0.3) is 0 Å². The lowest BCUT2D eigenvalue weighted by atomic mass is 10.1. The summed E-state index contributed by atoms with van der Waals surface area (Å²) >= 11 is 0. The van der Waals surface area contributed by atoms with Gasteiger partial charge >= 0.3 is 5.97 Å². The molecule has 33 heavy (non-hydrogen) atoms. The molecule has 2 N–H and O–H groups in total. The van der Waals surface area contributed by atoms with Gasteiger partial charge in [0.1, 0.15) is 11.4 Å². The third-order valence-corrected chi connectivity index (χ3v) is 6.97. The minimum absolute atomic E-state index is 0.0734. The number of nitrogens with one attached hydrogen (secondary N) is 1. The largest absolute Gasteiger partial charge is 0.478 e. The fraction of sp³-hybridized carbons (Fsp3) is 0.348. The molecule has 0 fully saturated rings. The third-order valence-electron chi connectivity index (χ3n) is 5.59. The number of sulfonamides is 1. The fourth-order valence-corrected chi connectivity index (χ4v) is 4.89. The number of carboxylic acid groups (broad SMARTS) is 1. The molecule has 0 aliphatic carbocycles. The van der Waals surface area contributed by atoms with E-state index in [-0.39, 0.29) is 22.0 Å². The number of aromatic carboxylic acids is 1. The van der Waals surface area contributed by atoms with E-state index in [0.717, 1.165) is 29.8 Å². The zero-order chi connectivity index (χ0) is 24.3. The van der Waals surface area contributed by atoms with Crippen LogP contribution in [0.2, 0.25) is 0 Å². The van der Waals surface area contributed by atoms with E-state index in [1.807, 2.05) is 25.6 Å². The number of aryl methyl sites for hydroxylation is 3. The maximum absolute atomic E-state index is 12.7. The summed E-state index contributed by atoms with van der Waals surface area (Å²) in [6, 6.07) is 7.77. The molecule has 1 aromatic carbocycles. The first-order valence-electron chi connectivity index (χ1n) is 10.5. The van der Waals surface area contributed by atoms with Gasteiger partial charge in [-0.25, -0.2) is 18.2 Å². The first-order chi connectivity index (χ1) is 15.5. The number of nitrogens with zero attached hydrogens (tertiary/aromatic N) is 4. The molecule has 0 bridgehead atoms. The molecule has 0 aliphatic rings. The zero-order valence-electron chi connectivity index (χ0n) is 19.5. The van der Waals surface area contributed by atoms with Gasteiger partial charge in [-0.15, -0.1) is 0 Å². The predicted octanol–water partition coefficient (Wildman–Crippen LogP) is 3.31. The van der Waals surface area contributed by atoms with E-state index in [1.54, 1.807) is 37.1 Å². The number of carboxylic acids is 1. The number of pyridine rings is 1. The van der Waals surface area contributed by atoms with E-state index >= 15 is 0 Å². The van der Waals surface area contributed by atoms with Gasteiger partial charge < -0.3 is 10.0 Å². The van der Waals surface area contributed by atoms with Crippen LogP contribution >= 0.6 is 0 Å². The normalized spacial score (nSPS) is 11.4. The van der Waals surface area contributed by atoms with Crippen LogP contribution in [0.4, 0.5) is 11.5 Å². The Morgan fingerprint density at radius 3 is 2.55 bits per heavy atom. The first kappa shape index (κ1) is 24.2. The summed E-state index contributed by atoms with van der Waals surface area (Å²) in [4.78, 5) is 18.0. The zero-order valence-corrected chi connectivity index (χ0v) is 20.3. The van der Waals surface area contributed by atoms with E-state index in [4.69, 9.17) is 0 Å². The molecule has 3 aromatic rings. The molecule has 0 aliphatic heterocycles. The molecule has 176 valence electrons. The highest BCUT2D eigenvalue weighted by Crippen LogP contribution is 2.24. The fourth-order valence-electron chi connectivity index (χ4n) is 3.75. The van der Waals surface area contributed by atoms with Crippen LogP contribution in [0, 0.1) is 20.8 Å². The van der Waals surface area contributed by atoms with E-state index in [2.05, 4.69) is 14.8 Å². The Morgan fingerprint density at radius 1 is 1.21 bits per heavy atom. The summed E-state index contributed by atoms with van der Waals surface area (Å²) in [6.45, 7) is 6.38. The van der Waals surface area contributed by atoms with Crippen molar-refractivity contribution in [2.24, 2.45) is 7.05 Å². The molecule has 9 nitrogen and oxygen atoms in total. The van der Waals surface area contributed by atoms with E-state index in [9.17, 15) is 18.3 Å². The second kappa shape index (κ2) is 9.62. The monoisotopic (exact) mass is 471 g/mol. The van der Waals surface area contributed by atoms with Crippen molar-refractivity contribution in [1.29, 1.82) is 0 Å². The molecular weight excluding hydrogens is 442 g/mol. The lowest BCUT2D eigenvalue weighted by Gasteiger charge is -2.20. The molecule has 2 aromatic heterocycles. The highest BCUT2D eigenvalue weighted by atomic mass is 32.2. The standard InChI is InChI=1S/C23H29N5O4S/c1-15-8-6-9-19(12-15)33(31,32)26-18-13-21(23(29)30)22(24-14-18)27(4)11-7-10-20-16(2)25-28(5)17(20)3/h6,8-9,12-14,26H,7,10-11H2,1-5H3,(H,29,30). The topological polar surface area (TPSA) is 117 Å². The Bertz CT molecular complexity index is 1280. The van der Waals surface area contributed by atoms with Crippen molar-refractivity contribution in [2.75, 3.05) is 23.2 Å². The Morgan fingerprint density at radius 2 is 1.94 bits per heavy atom. The number of hydrogen-bond donors (Lipinski definition) is 2. The molecule has 0 unspecified atom stereocenters. The molecular formula is C23H29N5O4S. The number of anilines is 2. The minimum atomic E-state index is -3.87. The van der Waals surface area contributed by atoms with Crippen LogP contribution in [-0.4, -0.2) is 47.9 Å². The number of benzene rings is 1. The van der Waals surface area contributed by atoms with Crippen molar-refractivity contribution < 1.29 is 18.3 Å². The average molecular weight is 472 g/mol. The number of aromatic nitrogens is 3. The van der Waals surface area contributed by atoms with Crippen LogP contribution in [-0.2, 0) is 23.5 Å². The van der Waals surface area contributed by atoms with Gasteiger partial charge in [0.2, 0.25) is 0 Å². The van der Waals surface area contributed by atoms with Crippen LogP contribution in [0.5, 0.6) is 0 Å². The van der Waals surface area contributed by atoms with Crippen molar-refractivity contribution in [3.05, 3.63) is 64.6 Å². The summed E-state index contributed by atoms with van der Waals surface area (Å²) < 4.78 is 29.6. The molecule has 10 heteroatoms. The van der Waals surface area contributed by atoms with Gasteiger partial charge in [-0.1, -0.05) is 12.1 Å². The number of carbonyl (C=O) groups is 1. The van der Waals surface area contributed by atoms with E-state index < -0.39 is 16.0 Å².